The number of hydrogen-bond donors (Lipinski definition) is 2. The molecule has 1 aromatic heterocycles. The van der Waals surface area contributed by atoms with Crippen LogP contribution in [0.3, 0.4) is 0 Å². The lowest BCUT2D eigenvalue weighted by atomic mass is 9.87. The van der Waals surface area contributed by atoms with Gasteiger partial charge >= 0.3 is 0 Å². The standard InChI is InChI=1S/C23H32N4O3S/c1-15-9-8-10-18(13-15)24-20(28)14-31-17(3)22(29)25-21-16(2)26(4)27(23(21)30)19-11-6-5-7-12-19/h5-7,11-12,15,17-18H,8-10,13-14H2,1-4H3,(H,24,28)(H,25,29). The van der Waals surface area contributed by atoms with E-state index >= 15 is 0 Å². The van der Waals surface area contributed by atoms with Crippen molar-refractivity contribution >= 4 is 29.3 Å². The van der Waals surface area contributed by atoms with Crippen LogP contribution in [0.2, 0.25) is 0 Å². The fourth-order valence-corrected chi connectivity index (χ4v) is 4.74. The second kappa shape index (κ2) is 10.2. The Bertz CT molecular complexity index is 983. The predicted molar refractivity (Wildman–Crippen MR) is 126 cm³/mol. The van der Waals surface area contributed by atoms with E-state index < -0.39 is 5.25 Å². The molecule has 1 aliphatic carbocycles. The SMILES string of the molecule is Cc1c(NC(=O)C(C)SCC(=O)NC2CCCC(C)C2)c(=O)n(-c2ccccc2)n1C. The molecule has 2 N–H and O–H groups in total. The molecule has 0 saturated heterocycles. The van der Waals surface area contributed by atoms with Gasteiger partial charge in [-0.1, -0.05) is 38.0 Å². The number of rotatable bonds is 7. The van der Waals surface area contributed by atoms with E-state index in [2.05, 4.69) is 17.6 Å². The van der Waals surface area contributed by atoms with Crippen LogP contribution >= 0.6 is 11.8 Å². The molecule has 0 radical (unpaired) electrons. The van der Waals surface area contributed by atoms with E-state index in [9.17, 15) is 14.4 Å². The Hall–Kier alpha value is -2.48. The summed E-state index contributed by atoms with van der Waals surface area (Å²) in [5, 5.41) is 5.41. The molecule has 168 valence electrons. The zero-order valence-corrected chi connectivity index (χ0v) is 19.5. The molecule has 1 aromatic carbocycles. The molecule has 3 unspecified atom stereocenters. The Morgan fingerprint density at radius 1 is 1.23 bits per heavy atom. The van der Waals surface area contributed by atoms with Gasteiger partial charge in [0.05, 0.1) is 22.4 Å². The summed E-state index contributed by atoms with van der Waals surface area (Å²) in [6.45, 7) is 5.77. The minimum atomic E-state index is -0.458. The first-order valence-corrected chi connectivity index (χ1v) is 11.9. The van der Waals surface area contributed by atoms with Gasteiger partial charge in [-0.3, -0.25) is 19.1 Å². The molecule has 1 saturated carbocycles. The van der Waals surface area contributed by atoms with E-state index in [-0.39, 0.29) is 34.9 Å². The number of anilines is 1. The van der Waals surface area contributed by atoms with Gasteiger partial charge in [0.1, 0.15) is 5.69 Å². The van der Waals surface area contributed by atoms with Crippen LogP contribution in [0.5, 0.6) is 0 Å². The molecule has 0 aliphatic heterocycles. The van der Waals surface area contributed by atoms with E-state index in [1.165, 1.54) is 22.9 Å². The third-order valence-electron chi connectivity index (χ3n) is 5.94. The molecule has 1 heterocycles. The number of aromatic nitrogens is 2. The third kappa shape index (κ3) is 5.61. The number of para-hydroxylation sites is 1. The van der Waals surface area contributed by atoms with Crippen molar-refractivity contribution < 1.29 is 9.59 Å². The van der Waals surface area contributed by atoms with Gasteiger partial charge < -0.3 is 10.6 Å². The van der Waals surface area contributed by atoms with Crippen LogP contribution in [-0.4, -0.2) is 38.2 Å². The minimum Gasteiger partial charge on any atom is -0.353 e. The summed E-state index contributed by atoms with van der Waals surface area (Å²) in [4.78, 5) is 37.9. The van der Waals surface area contributed by atoms with Crippen molar-refractivity contribution in [1.29, 1.82) is 0 Å². The summed E-state index contributed by atoms with van der Waals surface area (Å²) in [5.74, 6) is 0.549. The van der Waals surface area contributed by atoms with Gasteiger partial charge in [0.15, 0.2) is 0 Å². The average molecular weight is 445 g/mol. The quantitative estimate of drug-likeness (QED) is 0.687. The largest absolute Gasteiger partial charge is 0.353 e. The maximum absolute atomic E-state index is 12.9. The Balaban J connectivity index is 1.59. The second-order valence-corrected chi connectivity index (χ2v) is 9.74. The topological polar surface area (TPSA) is 85.1 Å². The summed E-state index contributed by atoms with van der Waals surface area (Å²) in [7, 11) is 1.79. The van der Waals surface area contributed by atoms with E-state index in [1.54, 1.807) is 25.6 Å². The highest BCUT2D eigenvalue weighted by atomic mass is 32.2. The fourth-order valence-electron chi connectivity index (χ4n) is 4.05. The van der Waals surface area contributed by atoms with Gasteiger partial charge in [-0.05, 0) is 44.7 Å². The monoisotopic (exact) mass is 444 g/mol. The summed E-state index contributed by atoms with van der Waals surface area (Å²) in [6, 6.07) is 9.54. The number of carbonyl (C=O) groups is 2. The first-order chi connectivity index (χ1) is 14.8. The number of benzene rings is 1. The normalized spacial score (nSPS) is 19.6. The van der Waals surface area contributed by atoms with E-state index in [4.69, 9.17) is 0 Å². The lowest BCUT2D eigenvalue weighted by Crippen LogP contribution is -2.39. The summed E-state index contributed by atoms with van der Waals surface area (Å²) in [6.07, 6.45) is 4.42. The van der Waals surface area contributed by atoms with Crippen LogP contribution in [0.15, 0.2) is 35.1 Å². The highest BCUT2D eigenvalue weighted by Gasteiger charge is 2.23. The zero-order chi connectivity index (χ0) is 22.5. The number of amides is 2. The Morgan fingerprint density at radius 2 is 1.94 bits per heavy atom. The average Bonchev–Trinajstić information content (AvgIpc) is 2.95. The Labute approximate surface area is 187 Å². The summed E-state index contributed by atoms with van der Waals surface area (Å²) >= 11 is 1.28. The number of nitrogens with one attached hydrogen (secondary N) is 2. The third-order valence-corrected chi connectivity index (χ3v) is 7.08. The molecule has 7 nitrogen and oxygen atoms in total. The number of hydrogen-bond acceptors (Lipinski definition) is 4. The number of nitrogens with zero attached hydrogens (tertiary/aromatic N) is 2. The van der Waals surface area contributed by atoms with Crippen molar-refractivity contribution in [3.8, 4) is 5.69 Å². The lowest BCUT2D eigenvalue weighted by Gasteiger charge is -2.27. The molecule has 2 aromatic rings. The van der Waals surface area contributed by atoms with Gasteiger partial charge in [0.2, 0.25) is 11.8 Å². The van der Waals surface area contributed by atoms with Gasteiger partial charge in [-0.25, -0.2) is 4.68 Å². The van der Waals surface area contributed by atoms with Crippen molar-refractivity contribution in [2.24, 2.45) is 13.0 Å². The van der Waals surface area contributed by atoms with Crippen molar-refractivity contribution in [2.45, 2.75) is 57.7 Å². The fraction of sp³-hybridized carbons (Fsp3) is 0.522. The van der Waals surface area contributed by atoms with Gasteiger partial charge in [0.25, 0.3) is 5.56 Å². The minimum absolute atomic E-state index is 0.0360. The highest BCUT2D eigenvalue weighted by molar-refractivity contribution is 8.01. The molecular weight excluding hydrogens is 412 g/mol. The second-order valence-electron chi connectivity index (χ2n) is 8.42. The molecule has 0 bridgehead atoms. The zero-order valence-electron chi connectivity index (χ0n) is 18.7. The van der Waals surface area contributed by atoms with Crippen LogP contribution in [-0.2, 0) is 16.6 Å². The van der Waals surface area contributed by atoms with Crippen LogP contribution in [0, 0.1) is 12.8 Å². The van der Waals surface area contributed by atoms with Crippen molar-refractivity contribution in [3.63, 3.8) is 0 Å². The molecule has 3 rings (SSSR count). The lowest BCUT2D eigenvalue weighted by molar-refractivity contribution is -0.119. The number of carbonyl (C=O) groups excluding carboxylic acids is 2. The van der Waals surface area contributed by atoms with Crippen molar-refractivity contribution in [2.75, 3.05) is 11.1 Å². The van der Waals surface area contributed by atoms with Gasteiger partial charge in [0, 0.05) is 13.1 Å². The molecular formula is C23H32N4O3S. The van der Waals surface area contributed by atoms with Gasteiger partial charge in [-0.15, -0.1) is 11.8 Å². The first-order valence-electron chi connectivity index (χ1n) is 10.8. The van der Waals surface area contributed by atoms with Crippen LogP contribution in [0.25, 0.3) is 5.69 Å². The van der Waals surface area contributed by atoms with Crippen LogP contribution < -0.4 is 16.2 Å². The van der Waals surface area contributed by atoms with E-state index in [0.29, 0.717) is 11.6 Å². The Kier molecular flexibility index (Phi) is 7.64. The molecule has 0 spiro atoms. The molecule has 31 heavy (non-hydrogen) atoms. The maximum atomic E-state index is 12.9. The van der Waals surface area contributed by atoms with E-state index in [1.807, 2.05) is 30.3 Å². The van der Waals surface area contributed by atoms with Crippen LogP contribution in [0.4, 0.5) is 5.69 Å². The van der Waals surface area contributed by atoms with Crippen molar-refractivity contribution in [3.05, 3.63) is 46.4 Å². The predicted octanol–water partition coefficient (Wildman–Crippen LogP) is 3.24. The molecule has 1 aliphatic rings. The Morgan fingerprint density at radius 3 is 2.61 bits per heavy atom. The molecule has 3 atom stereocenters. The highest BCUT2D eigenvalue weighted by Crippen LogP contribution is 2.24. The number of thioether (sulfide) groups is 1. The van der Waals surface area contributed by atoms with E-state index in [0.717, 1.165) is 24.9 Å². The molecule has 8 heteroatoms. The maximum Gasteiger partial charge on any atom is 0.295 e. The van der Waals surface area contributed by atoms with Gasteiger partial charge in [-0.2, -0.15) is 0 Å². The smallest absolute Gasteiger partial charge is 0.295 e. The molecule has 2 amide bonds. The summed E-state index contributed by atoms with van der Waals surface area (Å²) in [5.41, 5.74) is 1.39. The van der Waals surface area contributed by atoms with Crippen LogP contribution in [0.1, 0.15) is 45.2 Å². The first kappa shape index (κ1) is 23.2. The van der Waals surface area contributed by atoms with Crippen molar-refractivity contribution in [1.82, 2.24) is 14.7 Å². The molecule has 1 fully saturated rings. The summed E-state index contributed by atoms with van der Waals surface area (Å²) < 4.78 is 3.26.